The van der Waals surface area contributed by atoms with E-state index in [4.69, 9.17) is 9.84 Å². The van der Waals surface area contributed by atoms with Crippen molar-refractivity contribution in [2.24, 2.45) is 0 Å². The van der Waals surface area contributed by atoms with Gasteiger partial charge < -0.3 is 14.4 Å². The number of rotatable bonds is 6. The highest BCUT2D eigenvalue weighted by atomic mass is 32.2. The molecule has 0 fully saturated rings. The number of thioether (sulfide) groups is 1. The molecule has 1 unspecified atom stereocenters. The van der Waals surface area contributed by atoms with Crippen molar-refractivity contribution in [3.05, 3.63) is 24.3 Å². The second kappa shape index (κ2) is 6.08. The third-order valence-electron chi connectivity index (χ3n) is 2.79. The average molecular weight is 280 g/mol. The summed E-state index contributed by atoms with van der Waals surface area (Å²) >= 11 is 1.23. The molecule has 2 aromatic rings. The van der Waals surface area contributed by atoms with Crippen LogP contribution in [-0.4, -0.2) is 39.6 Å². The van der Waals surface area contributed by atoms with E-state index in [1.807, 2.05) is 35.8 Å². The van der Waals surface area contributed by atoms with Crippen LogP contribution in [-0.2, 0) is 16.1 Å². The Kier molecular flexibility index (Phi) is 4.44. The highest BCUT2D eigenvalue weighted by molar-refractivity contribution is 7.99. The zero-order valence-corrected chi connectivity index (χ0v) is 11.7. The lowest BCUT2D eigenvalue weighted by Crippen LogP contribution is -2.15. The van der Waals surface area contributed by atoms with Crippen molar-refractivity contribution in [3.8, 4) is 0 Å². The van der Waals surface area contributed by atoms with Gasteiger partial charge in [-0.2, -0.15) is 0 Å². The van der Waals surface area contributed by atoms with E-state index in [0.717, 1.165) is 11.0 Å². The SMILES string of the molecule is COC(C)Cn1c(SCC(=O)O)nc2ccccc21. The summed E-state index contributed by atoms with van der Waals surface area (Å²) in [6, 6.07) is 7.78. The standard InChI is InChI=1S/C13H16N2O3S/c1-9(18-2)7-15-11-6-4-3-5-10(11)14-13(15)19-8-12(16)17/h3-6,9H,7-8H2,1-2H3,(H,16,17). The average Bonchev–Trinajstić information content (AvgIpc) is 2.74. The third-order valence-corrected chi connectivity index (χ3v) is 3.75. The molecule has 19 heavy (non-hydrogen) atoms. The van der Waals surface area contributed by atoms with Gasteiger partial charge in [-0.05, 0) is 19.1 Å². The van der Waals surface area contributed by atoms with Gasteiger partial charge in [0.25, 0.3) is 0 Å². The molecule has 1 heterocycles. The van der Waals surface area contributed by atoms with E-state index >= 15 is 0 Å². The molecule has 2 rings (SSSR count). The van der Waals surface area contributed by atoms with Crippen LogP contribution < -0.4 is 0 Å². The largest absolute Gasteiger partial charge is 0.481 e. The number of carboxylic acids is 1. The summed E-state index contributed by atoms with van der Waals surface area (Å²) in [6.45, 7) is 2.62. The number of aliphatic carboxylic acids is 1. The van der Waals surface area contributed by atoms with Crippen molar-refractivity contribution in [2.75, 3.05) is 12.9 Å². The van der Waals surface area contributed by atoms with Crippen LogP contribution in [0.4, 0.5) is 0 Å². The minimum Gasteiger partial charge on any atom is -0.481 e. The summed E-state index contributed by atoms with van der Waals surface area (Å²) in [4.78, 5) is 15.2. The maximum absolute atomic E-state index is 10.7. The number of benzene rings is 1. The van der Waals surface area contributed by atoms with Crippen LogP contribution in [0, 0.1) is 0 Å². The molecule has 1 aromatic heterocycles. The Morgan fingerprint density at radius 1 is 1.53 bits per heavy atom. The van der Waals surface area contributed by atoms with Gasteiger partial charge in [0.1, 0.15) is 0 Å². The molecule has 1 N–H and O–H groups in total. The van der Waals surface area contributed by atoms with E-state index in [1.165, 1.54) is 11.8 Å². The lowest BCUT2D eigenvalue weighted by atomic mass is 10.3. The molecule has 0 radical (unpaired) electrons. The van der Waals surface area contributed by atoms with Crippen LogP contribution in [0.15, 0.2) is 29.4 Å². The van der Waals surface area contributed by atoms with Crippen LogP contribution in [0.2, 0.25) is 0 Å². The van der Waals surface area contributed by atoms with Gasteiger partial charge in [-0.3, -0.25) is 4.79 Å². The normalized spacial score (nSPS) is 12.7. The van der Waals surface area contributed by atoms with E-state index in [-0.39, 0.29) is 11.9 Å². The molecule has 1 atom stereocenters. The van der Waals surface area contributed by atoms with Gasteiger partial charge in [0, 0.05) is 7.11 Å². The molecular formula is C13H16N2O3S. The molecule has 0 aliphatic rings. The summed E-state index contributed by atoms with van der Waals surface area (Å²) in [5.74, 6) is -0.839. The van der Waals surface area contributed by atoms with E-state index < -0.39 is 5.97 Å². The third kappa shape index (κ3) is 3.27. The summed E-state index contributed by atoms with van der Waals surface area (Å²) in [7, 11) is 1.66. The summed E-state index contributed by atoms with van der Waals surface area (Å²) < 4.78 is 7.29. The Hall–Kier alpha value is -1.53. The predicted molar refractivity (Wildman–Crippen MR) is 74.6 cm³/mol. The lowest BCUT2D eigenvalue weighted by molar-refractivity contribution is -0.133. The Labute approximate surface area is 115 Å². The Morgan fingerprint density at radius 3 is 2.95 bits per heavy atom. The molecule has 0 amide bonds. The topological polar surface area (TPSA) is 64.3 Å². The van der Waals surface area contributed by atoms with Gasteiger partial charge in [0.05, 0.1) is 29.4 Å². The van der Waals surface area contributed by atoms with Gasteiger partial charge in [-0.25, -0.2) is 4.98 Å². The molecule has 1 aromatic carbocycles. The highest BCUT2D eigenvalue weighted by Crippen LogP contribution is 2.24. The fourth-order valence-corrected chi connectivity index (χ4v) is 2.54. The van der Waals surface area contributed by atoms with Gasteiger partial charge in [-0.15, -0.1) is 0 Å². The minimum absolute atomic E-state index is 0.00465. The number of nitrogens with zero attached hydrogens (tertiary/aromatic N) is 2. The number of carbonyl (C=O) groups is 1. The van der Waals surface area contributed by atoms with Crippen molar-refractivity contribution >= 4 is 28.8 Å². The second-order valence-corrected chi connectivity index (χ2v) is 5.16. The number of hydrogen-bond donors (Lipinski definition) is 1. The Bertz CT molecular complexity index is 582. The van der Waals surface area contributed by atoms with Crippen molar-refractivity contribution in [3.63, 3.8) is 0 Å². The first-order valence-electron chi connectivity index (χ1n) is 5.94. The van der Waals surface area contributed by atoms with Crippen LogP contribution >= 0.6 is 11.8 Å². The molecule has 0 saturated heterocycles. The second-order valence-electron chi connectivity index (χ2n) is 4.22. The zero-order valence-electron chi connectivity index (χ0n) is 10.9. The fourth-order valence-electron chi connectivity index (χ4n) is 1.80. The van der Waals surface area contributed by atoms with E-state index in [0.29, 0.717) is 11.7 Å². The van der Waals surface area contributed by atoms with Gasteiger partial charge >= 0.3 is 5.97 Å². The molecule has 0 spiro atoms. The van der Waals surface area contributed by atoms with Crippen LogP contribution in [0.25, 0.3) is 11.0 Å². The summed E-state index contributed by atoms with van der Waals surface area (Å²) in [6.07, 6.45) is 0.0433. The van der Waals surface area contributed by atoms with E-state index in [1.54, 1.807) is 7.11 Å². The first-order chi connectivity index (χ1) is 9.11. The molecule has 102 valence electrons. The van der Waals surface area contributed by atoms with Gasteiger partial charge in [0.2, 0.25) is 0 Å². The Balaban J connectivity index is 2.36. The number of methoxy groups -OCH3 is 1. The number of fused-ring (bicyclic) bond motifs is 1. The van der Waals surface area contributed by atoms with Crippen LogP contribution in [0.5, 0.6) is 0 Å². The zero-order chi connectivity index (χ0) is 13.8. The fraction of sp³-hybridized carbons (Fsp3) is 0.385. The van der Waals surface area contributed by atoms with Crippen molar-refractivity contribution in [1.82, 2.24) is 9.55 Å². The Morgan fingerprint density at radius 2 is 2.26 bits per heavy atom. The minimum atomic E-state index is -0.844. The highest BCUT2D eigenvalue weighted by Gasteiger charge is 2.14. The number of para-hydroxylation sites is 2. The van der Waals surface area contributed by atoms with Crippen LogP contribution in [0.3, 0.4) is 0 Å². The maximum atomic E-state index is 10.7. The van der Waals surface area contributed by atoms with Gasteiger partial charge in [-0.1, -0.05) is 23.9 Å². The number of ether oxygens (including phenoxy) is 1. The van der Waals surface area contributed by atoms with Crippen molar-refractivity contribution in [2.45, 2.75) is 24.7 Å². The quantitative estimate of drug-likeness (QED) is 0.822. The van der Waals surface area contributed by atoms with E-state index in [2.05, 4.69) is 4.98 Å². The molecule has 0 aliphatic carbocycles. The monoisotopic (exact) mass is 280 g/mol. The van der Waals surface area contributed by atoms with Gasteiger partial charge in [0.15, 0.2) is 5.16 Å². The molecule has 0 aliphatic heterocycles. The maximum Gasteiger partial charge on any atom is 0.313 e. The van der Waals surface area contributed by atoms with Crippen molar-refractivity contribution < 1.29 is 14.6 Å². The summed E-state index contributed by atoms with van der Waals surface area (Å²) in [5, 5.41) is 9.50. The number of imidazole rings is 1. The number of hydrogen-bond acceptors (Lipinski definition) is 4. The molecule has 6 heteroatoms. The molecule has 0 bridgehead atoms. The predicted octanol–water partition coefficient (Wildman–Crippen LogP) is 2.25. The number of carboxylic acid groups (broad SMARTS) is 1. The van der Waals surface area contributed by atoms with Crippen molar-refractivity contribution in [1.29, 1.82) is 0 Å². The smallest absolute Gasteiger partial charge is 0.313 e. The van der Waals surface area contributed by atoms with E-state index in [9.17, 15) is 4.79 Å². The summed E-state index contributed by atoms with van der Waals surface area (Å²) in [5.41, 5.74) is 1.87. The first kappa shape index (κ1) is 13.9. The first-order valence-corrected chi connectivity index (χ1v) is 6.93. The number of aromatic nitrogens is 2. The molecule has 5 nitrogen and oxygen atoms in total. The molecular weight excluding hydrogens is 264 g/mol. The molecule has 0 saturated carbocycles. The lowest BCUT2D eigenvalue weighted by Gasteiger charge is -2.13. The van der Waals surface area contributed by atoms with Crippen LogP contribution in [0.1, 0.15) is 6.92 Å².